The molecule has 1 heterocycles. The molecule has 1 aromatic heterocycles. The fraction of sp³-hybridized carbons (Fsp3) is 0.429. The van der Waals surface area contributed by atoms with Crippen molar-refractivity contribution >= 4 is 23.2 Å². The Morgan fingerprint density at radius 3 is 2.85 bits per heavy atom. The monoisotopic (exact) mass is 294 g/mol. The molecule has 0 fully saturated rings. The first-order valence-electron chi connectivity index (χ1n) is 6.29. The first-order valence-corrected chi connectivity index (χ1v) is 7.17. The third kappa shape index (κ3) is 5.43. The van der Waals surface area contributed by atoms with E-state index in [0.717, 1.165) is 0 Å². The average Bonchev–Trinajstić information content (AvgIpc) is 2.83. The van der Waals surface area contributed by atoms with Gasteiger partial charge < -0.3 is 15.7 Å². The van der Waals surface area contributed by atoms with Crippen molar-refractivity contribution in [1.29, 1.82) is 0 Å². The van der Waals surface area contributed by atoms with Crippen LogP contribution in [0.3, 0.4) is 0 Å². The molecule has 6 heteroatoms. The highest BCUT2D eigenvalue weighted by molar-refractivity contribution is 7.12. The zero-order chi connectivity index (χ0) is 15.0. The minimum absolute atomic E-state index is 0.0909. The van der Waals surface area contributed by atoms with Crippen LogP contribution in [0, 0.1) is 11.8 Å². The van der Waals surface area contributed by atoms with E-state index < -0.39 is 0 Å². The van der Waals surface area contributed by atoms with E-state index in [2.05, 4.69) is 22.5 Å². The number of thiophene rings is 1. The van der Waals surface area contributed by atoms with Crippen LogP contribution in [0.5, 0.6) is 0 Å². The number of aliphatic hydroxyl groups excluding tert-OH is 1. The van der Waals surface area contributed by atoms with Crippen molar-refractivity contribution in [3.05, 3.63) is 21.9 Å². The van der Waals surface area contributed by atoms with Crippen LogP contribution in [0.25, 0.3) is 0 Å². The lowest BCUT2D eigenvalue weighted by molar-refractivity contribution is -0.121. The van der Waals surface area contributed by atoms with Crippen molar-refractivity contribution in [3.63, 3.8) is 0 Å². The van der Waals surface area contributed by atoms with Crippen LogP contribution < -0.4 is 10.6 Å². The van der Waals surface area contributed by atoms with E-state index >= 15 is 0 Å². The summed E-state index contributed by atoms with van der Waals surface area (Å²) in [5.74, 6) is 4.89. The number of aliphatic hydroxyl groups is 1. The molecule has 0 bridgehead atoms. The molecule has 3 N–H and O–H groups in total. The predicted octanol–water partition coefficient (Wildman–Crippen LogP) is 0.736. The van der Waals surface area contributed by atoms with Gasteiger partial charge in [-0.15, -0.1) is 11.3 Å². The molecule has 0 aromatic carbocycles. The lowest BCUT2D eigenvalue weighted by Crippen LogP contribution is -2.34. The average molecular weight is 294 g/mol. The second kappa shape index (κ2) is 8.35. The van der Waals surface area contributed by atoms with Crippen molar-refractivity contribution in [2.45, 2.75) is 26.3 Å². The van der Waals surface area contributed by atoms with Crippen molar-refractivity contribution < 1.29 is 14.7 Å². The third-order valence-electron chi connectivity index (χ3n) is 2.26. The number of hydrogen-bond donors (Lipinski definition) is 3. The molecule has 0 aliphatic carbocycles. The van der Waals surface area contributed by atoms with Gasteiger partial charge in [-0.1, -0.05) is 11.8 Å². The van der Waals surface area contributed by atoms with Gasteiger partial charge in [0, 0.05) is 24.6 Å². The molecule has 1 rings (SSSR count). The molecule has 20 heavy (non-hydrogen) atoms. The summed E-state index contributed by atoms with van der Waals surface area (Å²) in [5, 5.41) is 15.9. The summed E-state index contributed by atoms with van der Waals surface area (Å²) in [5.41, 5.74) is 0.591. The maximum Gasteiger partial charge on any atom is 0.262 e. The summed E-state index contributed by atoms with van der Waals surface area (Å²) in [6.07, 6.45) is 0.243. The number of nitrogens with one attached hydrogen (secondary N) is 2. The number of amides is 2. The number of rotatable bonds is 5. The Bertz CT molecular complexity index is 526. The second-order valence-electron chi connectivity index (χ2n) is 4.35. The molecule has 0 saturated heterocycles. The lowest BCUT2D eigenvalue weighted by atomic mass is 10.2. The molecule has 5 nitrogen and oxygen atoms in total. The second-order valence-corrected chi connectivity index (χ2v) is 5.27. The van der Waals surface area contributed by atoms with Gasteiger partial charge in [0.15, 0.2) is 0 Å². The molecular formula is C14H18N2O3S. The van der Waals surface area contributed by atoms with Gasteiger partial charge in [-0.3, -0.25) is 9.59 Å². The molecule has 0 radical (unpaired) electrons. The van der Waals surface area contributed by atoms with Crippen LogP contribution >= 0.6 is 11.3 Å². The Kier molecular flexibility index (Phi) is 6.77. The van der Waals surface area contributed by atoms with Gasteiger partial charge in [-0.25, -0.2) is 0 Å². The van der Waals surface area contributed by atoms with Crippen LogP contribution in [0.4, 0.5) is 0 Å². The molecule has 0 unspecified atom stereocenters. The minimum atomic E-state index is -0.250. The molecular weight excluding hydrogens is 276 g/mol. The quantitative estimate of drug-likeness (QED) is 0.701. The molecule has 2 amide bonds. The van der Waals surface area contributed by atoms with E-state index in [1.807, 2.05) is 13.8 Å². The largest absolute Gasteiger partial charge is 0.384 e. The molecule has 0 saturated carbocycles. The normalized spacial score (nSPS) is 9.80. The maximum absolute atomic E-state index is 11.9. The van der Waals surface area contributed by atoms with E-state index in [4.69, 9.17) is 5.11 Å². The van der Waals surface area contributed by atoms with Crippen LogP contribution in [0.2, 0.25) is 0 Å². The summed E-state index contributed by atoms with van der Waals surface area (Å²) < 4.78 is 0. The van der Waals surface area contributed by atoms with Gasteiger partial charge in [0.25, 0.3) is 5.91 Å². The number of carbonyl (C=O) groups is 2. The Morgan fingerprint density at radius 1 is 1.45 bits per heavy atom. The Hall–Kier alpha value is -1.84. The van der Waals surface area contributed by atoms with E-state index in [1.165, 1.54) is 11.3 Å². The smallest absolute Gasteiger partial charge is 0.262 e. The van der Waals surface area contributed by atoms with Gasteiger partial charge >= 0.3 is 0 Å². The lowest BCUT2D eigenvalue weighted by Gasteiger charge is -2.08. The molecule has 1 aromatic rings. The van der Waals surface area contributed by atoms with Gasteiger partial charge in [-0.05, 0) is 25.3 Å². The summed E-state index contributed by atoms with van der Waals surface area (Å²) in [6, 6.07) is 1.82. The molecule has 0 aliphatic rings. The fourth-order valence-corrected chi connectivity index (χ4v) is 2.25. The van der Waals surface area contributed by atoms with E-state index in [-0.39, 0.29) is 37.4 Å². The van der Waals surface area contributed by atoms with Crippen LogP contribution in [-0.4, -0.2) is 36.1 Å². The summed E-state index contributed by atoms with van der Waals surface area (Å²) in [6.45, 7) is 3.80. The molecule has 108 valence electrons. The third-order valence-corrected chi connectivity index (χ3v) is 3.17. The van der Waals surface area contributed by atoms with Crippen molar-refractivity contribution in [2.24, 2.45) is 0 Å². The van der Waals surface area contributed by atoms with Gasteiger partial charge in [0.1, 0.15) is 11.5 Å². The zero-order valence-electron chi connectivity index (χ0n) is 11.5. The standard InChI is InChI=1S/C14H18N2O3S/c1-10(2)16-12(18)5-7-15-14(19)13-11(4-3-8-17)6-9-20-13/h6,9-10,17H,5,7-8H2,1-2H3,(H,15,19)(H,16,18). The molecule has 0 atom stereocenters. The van der Waals surface area contributed by atoms with Gasteiger partial charge in [-0.2, -0.15) is 0 Å². The molecule has 0 aliphatic heterocycles. The highest BCUT2D eigenvalue weighted by Gasteiger charge is 2.12. The zero-order valence-corrected chi connectivity index (χ0v) is 12.3. The summed E-state index contributed by atoms with van der Waals surface area (Å²) in [7, 11) is 0. The minimum Gasteiger partial charge on any atom is -0.384 e. The van der Waals surface area contributed by atoms with E-state index in [9.17, 15) is 9.59 Å². The SMILES string of the molecule is CC(C)NC(=O)CCNC(=O)c1sccc1C#CCO. The van der Waals surface area contributed by atoms with E-state index in [1.54, 1.807) is 11.4 Å². The predicted molar refractivity (Wildman–Crippen MR) is 78.5 cm³/mol. The van der Waals surface area contributed by atoms with Crippen LogP contribution in [0.1, 0.15) is 35.5 Å². The topological polar surface area (TPSA) is 78.4 Å². The van der Waals surface area contributed by atoms with Gasteiger partial charge in [0.2, 0.25) is 5.91 Å². The van der Waals surface area contributed by atoms with Crippen molar-refractivity contribution in [2.75, 3.05) is 13.2 Å². The fourth-order valence-electron chi connectivity index (χ4n) is 1.48. The van der Waals surface area contributed by atoms with Crippen LogP contribution in [0.15, 0.2) is 11.4 Å². The first kappa shape index (κ1) is 16.2. The van der Waals surface area contributed by atoms with Crippen LogP contribution in [-0.2, 0) is 4.79 Å². The summed E-state index contributed by atoms with van der Waals surface area (Å²) >= 11 is 1.28. The molecule has 0 spiro atoms. The highest BCUT2D eigenvalue weighted by Crippen LogP contribution is 2.15. The first-order chi connectivity index (χ1) is 9.54. The van der Waals surface area contributed by atoms with Crippen molar-refractivity contribution in [1.82, 2.24) is 10.6 Å². The van der Waals surface area contributed by atoms with E-state index in [0.29, 0.717) is 10.4 Å². The number of hydrogen-bond acceptors (Lipinski definition) is 4. The van der Waals surface area contributed by atoms with Crippen molar-refractivity contribution in [3.8, 4) is 11.8 Å². The van der Waals surface area contributed by atoms with Gasteiger partial charge in [0.05, 0.1) is 0 Å². The maximum atomic E-state index is 11.9. The Labute approximate surface area is 122 Å². The summed E-state index contributed by atoms with van der Waals surface area (Å²) in [4.78, 5) is 23.8. The highest BCUT2D eigenvalue weighted by atomic mass is 32.1. The number of carbonyl (C=O) groups excluding carboxylic acids is 2. The Balaban J connectivity index is 2.48. The Morgan fingerprint density at radius 2 is 2.20 bits per heavy atom.